The van der Waals surface area contributed by atoms with Crippen molar-refractivity contribution >= 4 is 50.7 Å². The summed E-state index contributed by atoms with van der Waals surface area (Å²) < 4.78 is 29.6. The van der Waals surface area contributed by atoms with Crippen LogP contribution in [0.25, 0.3) is 0 Å². The first-order chi connectivity index (χ1) is 20.5. The van der Waals surface area contributed by atoms with Gasteiger partial charge < -0.3 is 20.4 Å². The van der Waals surface area contributed by atoms with Crippen LogP contribution < -0.4 is 14.9 Å². The largest absolute Gasteiger partial charge is 0.344 e. The highest BCUT2D eigenvalue weighted by molar-refractivity contribution is 7.93. The van der Waals surface area contributed by atoms with Gasteiger partial charge >= 0.3 is 0 Å². The van der Waals surface area contributed by atoms with Crippen molar-refractivity contribution in [1.29, 1.82) is 0 Å². The van der Waals surface area contributed by atoms with E-state index >= 15 is 0 Å². The number of rotatable bonds is 8. The lowest BCUT2D eigenvalue weighted by atomic mass is 9.89. The van der Waals surface area contributed by atoms with Crippen LogP contribution in [0.5, 0.6) is 0 Å². The Morgan fingerprint density at radius 1 is 1.05 bits per heavy atom. The summed E-state index contributed by atoms with van der Waals surface area (Å²) in [7, 11) is -2.23. The fourth-order valence-electron chi connectivity index (χ4n) is 6.31. The summed E-state index contributed by atoms with van der Waals surface area (Å²) in [6.07, 6.45) is 3.80. The summed E-state index contributed by atoms with van der Waals surface area (Å²) in [5.74, 6) is -0.987. The van der Waals surface area contributed by atoms with Gasteiger partial charge in [-0.15, -0.1) is 0 Å². The Labute approximate surface area is 258 Å². The van der Waals surface area contributed by atoms with E-state index in [0.717, 1.165) is 43.1 Å². The van der Waals surface area contributed by atoms with Crippen molar-refractivity contribution in [3.8, 4) is 0 Å². The van der Waals surface area contributed by atoms with Crippen molar-refractivity contribution in [2.24, 2.45) is 5.92 Å². The molecule has 2 fully saturated rings. The molecule has 5 rings (SSSR count). The van der Waals surface area contributed by atoms with Gasteiger partial charge in [0, 0.05) is 18.1 Å². The Balaban J connectivity index is 1.44. The number of anilines is 2. The minimum absolute atomic E-state index is 0.00802. The molecule has 2 aromatic rings. The maximum atomic E-state index is 14.3. The van der Waals surface area contributed by atoms with Crippen molar-refractivity contribution in [1.82, 2.24) is 15.1 Å². The second-order valence-electron chi connectivity index (χ2n) is 12.0. The molecule has 3 aliphatic rings. The smallest absolute Gasteiger partial charge is 0.265 e. The van der Waals surface area contributed by atoms with Gasteiger partial charge in [-0.25, -0.2) is 8.42 Å². The van der Waals surface area contributed by atoms with Crippen LogP contribution in [0.3, 0.4) is 0 Å². The van der Waals surface area contributed by atoms with Gasteiger partial charge in [0.05, 0.1) is 22.7 Å². The maximum absolute atomic E-state index is 14.3. The molecule has 0 bridgehead atoms. The molecule has 3 heterocycles. The predicted molar refractivity (Wildman–Crippen MR) is 167 cm³/mol. The Hall–Kier alpha value is -3.15. The van der Waals surface area contributed by atoms with Gasteiger partial charge in [-0.2, -0.15) is 0 Å². The number of halogens is 1. The van der Waals surface area contributed by atoms with E-state index in [1.807, 2.05) is 0 Å². The molecule has 0 spiro atoms. The van der Waals surface area contributed by atoms with Crippen LogP contribution in [0, 0.1) is 19.8 Å². The molecule has 3 amide bonds. The number of hydrogen-bond acceptors (Lipinski definition) is 6. The van der Waals surface area contributed by atoms with E-state index in [0.29, 0.717) is 41.3 Å². The molecular formula is C31H40ClN5O5S. The molecule has 12 heteroatoms. The molecule has 0 saturated carbocycles. The topological polar surface area (TPSA) is 119 Å². The molecule has 0 radical (unpaired) electrons. The average Bonchev–Trinajstić information content (AvgIpc) is 3.51. The first kappa shape index (κ1) is 31.3. The highest BCUT2D eigenvalue weighted by Crippen LogP contribution is 2.38. The van der Waals surface area contributed by atoms with Gasteiger partial charge in [0.25, 0.3) is 10.0 Å². The van der Waals surface area contributed by atoms with Crippen molar-refractivity contribution < 1.29 is 22.8 Å². The van der Waals surface area contributed by atoms with E-state index < -0.39 is 40.3 Å². The monoisotopic (exact) mass is 629 g/mol. The Morgan fingerprint density at radius 2 is 1.72 bits per heavy atom. The molecule has 2 aromatic carbocycles. The second-order valence-corrected chi connectivity index (χ2v) is 14.2. The van der Waals surface area contributed by atoms with Crippen molar-refractivity contribution in [3.63, 3.8) is 0 Å². The van der Waals surface area contributed by atoms with Crippen molar-refractivity contribution in [2.45, 2.75) is 69.4 Å². The number of hydrogen-bond donors (Lipinski definition) is 2. The molecule has 0 aliphatic carbocycles. The molecule has 0 unspecified atom stereocenters. The van der Waals surface area contributed by atoms with Crippen LogP contribution >= 0.6 is 11.6 Å². The van der Waals surface area contributed by atoms with Gasteiger partial charge in [-0.05, 0) is 107 Å². The molecule has 232 valence electrons. The Morgan fingerprint density at radius 3 is 2.42 bits per heavy atom. The van der Waals surface area contributed by atoms with Gasteiger partial charge in [0.2, 0.25) is 17.7 Å². The second kappa shape index (κ2) is 12.8. The maximum Gasteiger partial charge on any atom is 0.265 e. The van der Waals surface area contributed by atoms with Gasteiger partial charge in [0.15, 0.2) is 0 Å². The fraction of sp³-hybridized carbons (Fsp3) is 0.516. The van der Waals surface area contributed by atoms with Crippen LogP contribution in [0.4, 0.5) is 11.4 Å². The lowest BCUT2D eigenvalue weighted by Gasteiger charge is -2.37. The van der Waals surface area contributed by atoms with Crippen molar-refractivity contribution in [2.75, 3.05) is 42.8 Å². The third kappa shape index (κ3) is 6.68. The zero-order chi connectivity index (χ0) is 30.9. The summed E-state index contributed by atoms with van der Waals surface area (Å²) in [4.78, 5) is 44.7. The Bertz CT molecular complexity index is 1500. The number of amides is 3. The van der Waals surface area contributed by atoms with Crippen LogP contribution in [-0.2, 0) is 24.4 Å². The van der Waals surface area contributed by atoms with Gasteiger partial charge in [-0.1, -0.05) is 23.7 Å². The average molecular weight is 630 g/mol. The summed E-state index contributed by atoms with van der Waals surface area (Å²) in [5.41, 5.74) is 1.60. The Kier molecular flexibility index (Phi) is 9.34. The third-order valence-corrected chi connectivity index (χ3v) is 11.2. The number of aryl methyl sites for hydroxylation is 2. The quantitative estimate of drug-likeness (QED) is 0.460. The van der Waals surface area contributed by atoms with E-state index in [2.05, 4.69) is 22.6 Å². The number of carbonyl (C=O) groups excluding carboxylic acids is 3. The van der Waals surface area contributed by atoms with E-state index in [-0.39, 0.29) is 22.4 Å². The first-order valence-electron chi connectivity index (χ1n) is 14.9. The minimum atomic E-state index is -4.30. The summed E-state index contributed by atoms with van der Waals surface area (Å²) >= 11 is 6.26. The van der Waals surface area contributed by atoms with E-state index in [1.54, 1.807) is 49.1 Å². The highest BCUT2D eigenvalue weighted by atomic mass is 35.5. The van der Waals surface area contributed by atoms with Crippen molar-refractivity contribution in [3.05, 3.63) is 52.5 Å². The minimum Gasteiger partial charge on any atom is -0.344 e. The molecule has 2 saturated heterocycles. The van der Waals surface area contributed by atoms with Gasteiger partial charge in [-0.3, -0.25) is 18.7 Å². The lowest BCUT2D eigenvalue weighted by Crippen LogP contribution is -2.55. The number of carbonyl (C=O) groups is 3. The number of nitrogens with one attached hydrogen (secondary N) is 2. The molecule has 0 aromatic heterocycles. The van der Waals surface area contributed by atoms with Crippen LogP contribution in [0.15, 0.2) is 41.3 Å². The number of benzene rings is 2. The summed E-state index contributed by atoms with van der Waals surface area (Å²) in [5, 5.41) is 6.12. The first-order valence-corrected chi connectivity index (χ1v) is 16.7. The van der Waals surface area contributed by atoms with Gasteiger partial charge in [0.1, 0.15) is 12.1 Å². The van der Waals surface area contributed by atoms with E-state index in [4.69, 9.17) is 11.6 Å². The molecule has 2 N–H and O–H groups in total. The molecule has 3 aliphatic heterocycles. The number of para-hydroxylation sites is 2. The molecule has 43 heavy (non-hydrogen) atoms. The van der Waals surface area contributed by atoms with Crippen LogP contribution in [0.2, 0.25) is 5.02 Å². The molecule has 2 atom stereocenters. The SMILES string of the molecule is Cc1cc(S(=O)(=O)N2c3ccccc3NC(=O)[C@H]2CC(=O)N[C@H](CC2CCN(C)CC2)C(=O)N2CCCC2)c(C)cc1Cl. The highest BCUT2D eigenvalue weighted by Gasteiger charge is 2.43. The van der Waals surface area contributed by atoms with E-state index in [9.17, 15) is 22.8 Å². The van der Waals surface area contributed by atoms with Crippen LogP contribution in [-0.4, -0.2) is 81.2 Å². The third-order valence-electron chi connectivity index (χ3n) is 8.82. The number of sulfonamides is 1. The lowest BCUT2D eigenvalue weighted by molar-refractivity contribution is -0.136. The number of piperidine rings is 1. The standard InChI is InChI=1S/C31H40ClN5O5S/c1-20-17-28(21(2)16-23(20)32)43(41,42)37-26-9-5-4-8-24(26)34-30(39)27(37)19-29(38)33-25(31(40)36-12-6-7-13-36)18-22-10-14-35(3)15-11-22/h4-5,8-9,16-17,22,25,27H,6-7,10-15,18-19H2,1-3H3,(H,33,38)(H,34,39)/t25-,27-/m1/s1. The normalized spacial score (nSPS) is 20.5. The number of fused-ring (bicyclic) bond motifs is 1. The molecule has 10 nitrogen and oxygen atoms in total. The zero-order valence-electron chi connectivity index (χ0n) is 24.9. The van der Waals surface area contributed by atoms with E-state index in [1.165, 1.54) is 6.07 Å². The summed E-state index contributed by atoms with van der Waals surface area (Å²) in [6, 6.07) is 7.59. The fourth-order valence-corrected chi connectivity index (χ4v) is 8.46. The number of nitrogens with zero attached hydrogens (tertiary/aromatic N) is 3. The summed E-state index contributed by atoms with van der Waals surface area (Å²) in [6.45, 7) is 6.54. The zero-order valence-corrected chi connectivity index (χ0v) is 26.5. The number of likely N-dealkylation sites (tertiary alicyclic amines) is 2. The molecular weight excluding hydrogens is 590 g/mol. The van der Waals surface area contributed by atoms with Crippen LogP contribution in [0.1, 0.15) is 49.7 Å². The predicted octanol–water partition coefficient (Wildman–Crippen LogP) is 3.70.